The van der Waals surface area contributed by atoms with E-state index in [2.05, 4.69) is 4.98 Å². The van der Waals surface area contributed by atoms with Crippen LogP contribution in [-0.2, 0) is 16.0 Å². The fraction of sp³-hybridized carbons (Fsp3) is 0.650. The first-order chi connectivity index (χ1) is 12.5. The van der Waals surface area contributed by atoms with Crippen molar-refractivity contribution in [2.24, 2.45) is 5.41 Å². The first-order valence-corrected chi connectivity index (χ1v) is 9.66. The Morgan fingerprint density at radius 2 is 2.12 bits per heavy atom. The van der Waals surface area contributed by atoms with Gasteiger partial charge >= 0.3 is 0 Å². The first kappa shape index (κ1) is 18.8. The molecule has 0 bridgehead atoms. The number of hydrogen-bond donors (Lipinski definition) is 1. The monoisotopic (exact) mass is 359 g/mol. The number of nitrogens with zero attached hydrogens (tertiary/aromatic N) is 3. The lowest BCUT2D eigenvalue weighted by molar-refractivity contribution is -0.146. The van der Waals surface area contributed by atoms with E-state index in [0.29, 0.717) is 25.9 Å². The van der Waals surface area contributed by atoms with Gasteiger partial charge in [0.25, 0.3) is 5.91 Å². The topological polar surface area (TPSA) is 73.7 Å². The Balaban J connectivity index is 1.56. The molecule has 1 aromatic heterocycles. The molecule has 0 aliphatic carbocycles. The normalized spacial score (nSPS) is 21.1. The quantitative estimate of drug-likeness (QED) is 0.867. The van der Waals surface area contributed by atoms with Gasteiger partial charge < -0.3 is 14.9 Å². The van der Waals surface area contributed by atoms with Crippen molar-refractivity contribution in [1.29, 1.82) is 0 Å². The third kappa shape index (κ3) is 4.23. The highest BCUT2D eigenvalue weighted by atomic mass is 16.3. The highest BCUT2D eigenvalue weighted by Crippen LogP contribution is 2.40. The third-order valence-electron chi connectivity index (χ3n) is 5.95. The highest BCUT2D eigenvalue weighted by Gasteiger charge is 2.41. The minimum Gasteiger partial charge on any atom is -0.383 e. The maximum Gasteiger partial charge on any atom is 0.251 e. The third-order valence-corrected chi connectivity index (χ3v) is 5.95. The summed E-state index contributed by atoms with van der Waals surface area (Å²) in [5, 5.41) is 9.79. The molecule has 6 heteroatoms. The molecule has 0 radical (unpaired) electrons. The summed E-state index contributed by atoms with van der Waals surface area (Å²) in [6.45, 7) is 4.69. The van der Waals surface area contributed by atoms with E-state index in [9.17, 15) is 14.7 Å². The molecular weight excluding hydrogens is 330 g/mol. The van der Waals surface area contributed by atoms with Crippen LogP contribution >= 0.6 is 0 Å². The molecule has 0 saturated carbocycles. The van der Waals surface area contributed by atoms with E-state index in [1.54, 1.807) is 11.1 Å². The molecule has 1 spiro atoms. The molecule has 0 aromatic carbocycles. The Morgan fingerprint density at radius 3 is 2.77 bits per heavy atom. The zero-order chi connectivity index (χ0) is 18.6. The Labute approximate surface area is 155 Å². The molecule has 1 aromatic rings. The largest absolute Gasteiger partial charge is 0.383 e. The average Bonchev–Trinajstić information content (AvgIpc) is 2.69. The summed E-state index contributed by atoms with van der Waals surface area (Å²) in [5.41, 5.74) is 1.27. The average molecular weight is 359 g/mol. The van der Waals surface area contributed by atoms with Crippen LogP contribution in [0, 0.1) is 5.41 Å². The molecule has 2 saturated heterocycles. The predicted octanol–water partition coefficient (Wildman–Crippen LogP) is 1.63. The Bertz CT molecular complexity index is 626. The summed E-state index contributed by atoms with van der Waals surface area (Å²) in [4.78, 5) is 32.5. The number of piperidine rings is 2. The summed E-state index contributed by atoms with van der Waals surface area (Å²) in [6, 6.07) is 3.96. The van der Waals surface area contributed by atoms with Gasteiger partial charge in [0, 0.05) is 45.0 Å². The minimum absolute atomic E-state index is 0.122. The summed E-state index contributed by atoms with van der Waals surface area (Å²) < 4.78 is 0. The SMILES string of the molecule is CCC(O)C(=O)N1CCC2(CCC(=O)N(CCc3cccnc3)C2)CC1. The van der Waals surface area contributed by atoms with Crippen molar-refractivity contribution in [3.8, 4) is 0 Å². The van der Waals surface area contributed by atoms with Gasteiger partial charge in [0.2, 0.25) is 5.91 Å². The Hall–Kier alpha value is -1.95. The summed E-state index contributed by atoms with van der Waals surface area (Å²) >= 11 is 0. The van der Waals surface area contributed by atoms with Gasteiger partial charge in [-0.1, -0.05) is 13.0 Å². The van der Waals surface area contributed by atoms with E-state index in [1.165, 1.54) is 0 Å². The van der Waals surface area contributed by atoms with Crippen LogP contribution in [0.4, 0.5) is 0 Å². The van der Waals surface area contributed by atoms with E-state index in [1.807, 2.05) is 30.2 Å². The number of aromatic nitrogens is 1. The zero-order valence-electron chi connectivity index (χ0n) is 15.6. The van der Waals surface area contributed by atoms with Crippen LogP contribution in [-0.4, -0.2) is 64.0 Å². The number of carbonyl (C=O) groups is 2. The van der Waals surface area contributed by atoms with Gasteiger partial charge in [0.05, 0.1) is 0 Å². The fourth-order valence-electron chi connectivity index (χ4n) is 4.11. The molecule has 2 aliphatic heterocycles. The maximum absolute atomic E-state index is 12.4. The van der Waals surface area contributed by atoms with Crippen molar-refractivity contribution < 1.29 is 14.7 Å². The lowest BCUT2D eigenvalue weighted by Gasteiger charge is -2.47. The summed E-state index contributed by atoms with van der Waals surface area (Å²) in [6.07, 6.45) is 7.33. The minimum atomic E-state index is -0.882. The number of aliphatic hydroxyl groups excluding tert-OH is 1. The molecule has 3 heterocycles. The number of amides is 2. The molecule has 2 fully saturated rings. The van der Waals surface area contributed by atoms with E-state index in [-0.39, 0.29) is 17.2 Å². The van der Waals surface area contributed by atoms with Crippen LogP contribution in [0.5, 0.6) is 0 Å². The molecular formula is C20H29N3O3. The van der Waals surface area contributed by atoms with E-state index in [0.717, 1.165) is 44.3 Å². The van der Waals surface area contributed by atoms with Crippen LogP contribution in [0.15, 0.2) is 24.5 Å². The standard InChI is InChI=1S/C20H29N3O3/c1-2-17(24)19(26)22-12-8-20(9-13-22)7-5-18(25)23(15-20)11-6-16-4-3-10-21-14-16/h3-4,10,14,17,24H,2,5-9,11-13,15H2,1H3. The van der Waals surface area contributed by atoms with Gasteiger partial charge in [0.15, 0.2) is 0 Å². The van der Waals surface area contributed by atoms with Gasteiger partial charge in [-0.15, -0.1) is 0 Å². The lowest BCUT2D eigenvalue weighted by Crippen LogP contribution is -2.53. The van der Waals surface area contributed by atoms with E-state index >= 15 is 0 Å². The maximum atomic E-state index is 12.4. The van der Waals surface area contributed by atoms with Crippen LogP contribution in [0.3, 0.4) is 0 Å². The number of likely N-dealkylation sites (tertiary alicyclic amines) is 2. The lowest BCUT2D eigenvalue weighted by atomic mass is 9.72. The van der Waals surface area contributed by atoms with E-state index in [4.69, 9.17) is 0 Å². The van der Waals surface area contributed by atoms with Crippen molar-refractivity contribution in [2.75, 3.05) is 26.2 Å². The molecule has 26 heavy (non-hydrogen) atoms. The molecule has 2 amide bonds. The molecule has 6 nitrogen and oxygen atoms in total. The van der Waals surface area contributed by atoms with Gasteiger partial charge in [-0.3, -0.25) is 14.6 Å². The van der Waals surface area contributed by atoms with Crippen molar-refractivity contribution in [3.05, 3.63) is 30.1 Å². The number of hydrogen-bond acceptors (Lipinski definition) is 4. The smallest absolute Gasteiger partial charge is 0.251 e. The van der Waals surface area contributed by atoms with Crippen molar-refractivity contribution >= 4 is 11.8 Å². The van der Waals surface area contributed by atoms with Crippen molar-refractivity contribution in [3.63, 3.8) is 0 Å². The summed E-state index contributed by atoms with van der Waals surface area (Å²) in [7, 11) is 0. The van der Waals surface area contributed by atoms with Gasteiger partial charge in [-0.2, -0.15) is 0 Å². The van der Waals surface area contributed by atoms with Crippen molar-refractivity contribution in [2.45, 2.75) is 51.6 Å². The van der Waals surface area contributed by atoms with Crippen molar-refractivity contribution in [1.82, 2.24) is 14.8 Å². The Morgan fingerprint density at radius 1 is 1.35 bits per heavy atom. The van der Waals surface area contributed by atoms with Crippen LogP contribution in [0.25, 0.3) is 0 Å². The number of aliphatic hydroxyl groups is 1. The number of pyridine rings is 1. The molecule has 2 aliphatic rings. The zero-order valence-corrected chi connectivity index (χ0v) is 15.6. The second-order valence-electron chi connectivity index (χ2n) is 7.68. The molecule has 1 atom stereocenters. The summed E-state index contributed by atoms with van der Waals surface area (Å²) in [5.74, 6) is 0.0853. The van der Waals surface area contributed by atoms with Gasteiger partial charge in [-0.25, -0.2) is 0 Å². The molecule has 1 unspecified atom stereocenters. The fourth-order valence-corrected chi connectivity index (χ4v) is 4.11. The predicted molar refractivity (Wildman–Crippen MR) is 98.3 cm³/mol. The first-order valence-electron chi connectivity index (χ1n) is 9.66. The van der Waals surface area contributed by atoms with Gasteiger partial charge in [0.1, 0.15) is 6.10 Å². The number of rotatable bonds is 5. The molecule has 1 N–H and O–H groups in total. The van der Waals surface area contributed by atoms with E-state index < -0.39 is 6.10 Å². The highest BCUT2D eigenvalue weighted by molar-refractivity contribution is 5.80. The Kier molecular flexibility index (Phi) is 5.91. The second-order valence-corrected chi connectivity index (χ2v) is 7.68. The van der Waals surface area contributed by atoms with Crippen LogP contribution < -0.4 is 0 Å². The molecule has 142 valence electrons. The van der Waals surface area contributed by atoms with Crippen LogP contribution in [0.2, 0.25) is 0 Å². The molecule has 3 rings (SSSR count). The number of carbonyl (C=O) groups excluding carboxylic acids is 2. The van der Waals surface area contributed by atoms with Crippen LogP contribution in [0.1, 0.15) is 44.6 Å². The van der Waals surface area contributed by atoms with Gasteiger partial charge in [-0.05, 0) is 49.1 Å². The second kappa shape index (κ2) is 8.16.